The molecule has 1 rings (SSSR count). The lowest BCUT2D eigenvalue weighted by atomic mass is 10.1. The molecule has 1 saturated heterocycles. The molecule has 21 heavy (non-hydrogen) atoms. The Bertz CT molecular complexity index is 421. The van der Waals surface area contributed by atoms with Crippen LogP contribution in [-0.4, -0.2) is 45.1 Å². The fraction of sp³-hybridized carbons (Fsp3) is 0.692. The maximum atomic E-state index is 11.4. The van der Waals surface area contributed by atoms with E-state index in [0.717, 1.165) is 19.3 Å². The Balaban J connectivity index is 2.10. The highest BCUT2D eigenvalue weighted by Crippen LogP contribution is 2.14. The molecule has 2 amide bonds. The van der Waals surface area contributed by atoms with Crippen LogP contribution in [0.2, 0.25) is 0 Å². The molecule has 1 heterocycles. The minimum atomic E-state index is -1.43. The molecular weight excluding hydrogens is 282 g/mol. The van der Waals surface area contributed by atoms with Crippen molar-refractivity contribution in [2.75, 3.05) is 0 Å². The van der Waals surface area contributed by atoms with E-state index in [0.29, 0.717) is 17.9 Å². The topological polar surface area (TPSA) is 121 Å². The van der Waals surface area contributed by atoms with Crippen molar-refractivity contribution in [2.45, 2.75) is 57.5 Å². The lowest BCUT2D eigenvalue weighted by molar-refractivity contribution is -0.198. The Kier molecular flexibility index (Phi) is 6.80. The van der Waals surface area contributed by atoms with Gasteiger partial charge < -0.3 is 15.1 Å². The third-order valence-corrected chi connectivity index (χ3v) is 3.04. The summed E-state index contributed by atoms with van der Waals surface area (Å²) in [4.78, 5) is 48.9. The predicted molar refractivity (Wildman–Crippen MR) is 68.5 cm³/mol. The van der Waals surface area contributed by atoms with Gasteiger partial charge in [-0.25, -0.2) is 4.79 Å². The molecule has 118 valence electrons. The number of carbonyl (C=O) groups is 4. The molecule has 1 unspecified atom stereocenters. The van der Waals surface area contributed by atoms with E-state index in [1.165, 1.54) is 0 Å². The number of unbranched alkanes of at least 4 members (excludes halogenated alkanes) is 4. The summed E-state index contributed by atoms with van der Waals surface area (Å²) in [6.07, 6.45) is 1.86. The first-order chi connectivity index (χ1) is 9.91. The minimum Gasteiger partial charge on any atom is -0.481 e. The summed E-state index contributed by atoms with van der Waals surface area (Å²) in [7, 11) is 0. The number of aliphatic hydroxyl groups excluding tert-OH is 1. The van der Waals surface area contributed by atoms with E-state index >= 15 is 0 Å². The zero-order chi connectivity index (χ0) is 15.8. The number of carbonyl (C=O) groups excluding carboxylic acids is 3. The van der Waals surface area contributed by atoms with Gasteiger partial charge in [-0.1, -0.05) is 24.3 Å². The highest BCUT2D eigenvalue weighted by Gasteiger charge is 2.40. The number of aliphatic carboxylic acids is 1. The van der Waals surface area contributed by atoms with E-state index in [2.05, 4.69) is 4.84 Å². The monoisotopic (exact) mass is 301 g/mol. The van der Waals surface area contributed by atoms with E-state index in [-0.39, 0.29) is 19.3 Å². The third kappa shape index (κ3) is 5.90. The molecule has 1 atom stereocenters. The third-order valence-electron chi connectivity index (χ3n) is 3.04. The van der Waals surface area contributed by atoms with Gasteiger partial charge in [0.25, 0.3) is 11.8 Å². The average Bonchev–Trinajstić information content (AvgIpc) is 2.64. The second-order valence-corrected chi connectivity index (χ2v) is 4.87. The van der Waals surface area contributed by atoms with E-state index in [1.54, 1.807) is 0 Å². The zero-order valence-corrected chi connectivity index (χ0v) is 11.6. The van der Waals surface area contributed by atoms with Crippen LogP contribution in [0.1, 0.15) is 51.4 Å². The predicted octanol–water partition coefficient (Wildman–Crippen LogP) is 0.380. The van der Waals surface area contributed by atoms with Gasteiger partial charge in [-0.05, 0) is 12.8 Å². The van der Waals surface area contributed by atoms with Crippen LogP contribution in [-0.2, 0) is 24.0 Å². The van der Waals surface area contributed by atoms with Gasteiger partial charge in [0.2, 0.25) is 0 Å². The number of hydrogen-bond donors (Lipinski definition) is 2. The van der Waals surface area contributed by atoms with Gasteiger partial charge in [-0.3, -0.25) is 14.4 Å². The average molecular weight is 301 g/mol. The van der Waals surface area contributed by atoms with Crippen LogP contribution in [0.3, 0.4) is 0 Å². The molecule has 0 aromatic carbocycles. The Morgan fingerprint density at radius 1 is 1.10 bits per heavy atom. The van der Waals surface area contributed by atoms with Crippen LogP contribution in [0, 0.1) is 0 Å². The molecule has 0 radical (unpaired) electrons. The number of hydrogen-bond acceptors (Lipinski definition) is 6. The fourth-order valence-electron chi connectivity index (χ4n) is 1.91. The van der Waals surface area contributed by atoms with Gasteiger partial charge in [-0.15, -0.1) is 0 Å². The fourth-order valence-corrected chi connectivity index (χ4v) is 1.91. The van der Waals surface area contributed by atoms with Crippen molar-refractivity contribution in [3.63, 3.8) is 0 Å². The number of aliphatic hydroxyl groups is 1. The van der Waals surface area contributed by atoms with Gasteiger partial charge in [0.1, 0.15) is 6.10 Å². The highest BCUT2D eigenvalue weighted by atomic mass is 16.7. The van der Waals surface area contributed by atoms with Crippen LogP contribution in [0.5, 0.6) is 0 Å². The molecule has 0 aromatic heterocycles. The first-order valence-corrected chi connectivity index (χ1v) is 6.89. The Labute approximate surface area is 121 Å². The normalized spacial score (nSPS) is 18.1. The first kappa shape index (κ1) is 17.1. The summed E-state index contributed by atoms with van der Waals surface area (Å²) in [5.41, 5.74) is 0. The first-order valence-electron chi connectivity index (χ1n) is 6.89. The van der Waals surface area contributed by atoms with Crippen LogP contribution in [0.4, 0.5) is 0 Å². The van der Waals surface area contributed by atoms with Gasteiger partial charge in [0.15, 0.2) is 0 Å². The number of carboxylic acid groups (broad SMARTS) is 1. The second-order valence-electron chi connectivity index (χ2n) is 4.87. The SMILES string of the molecule is O=C(O)CCCCCCCC(=O)ON1C(=O)CC(O)C1=O. The summed E-state index contributed by atoms with van der Waals surface area (Å²) in [6.45, 7) is 0. The highest BCUT2D eigenvalue weighted by molar-refractivity contribution is 6.04. The molecule has 2 N–H and O–H groups in total. The summed E-state index contributed by atoms with van der Waals surface area (Å²) >= 11 is 0. The number of rotatable bonds is 9. The molecule has 1 aliphatic rings. The minimum absolute atomic E-state index is 0.0616. The lowest BCUT2D eigenvalue weighted by Gasteiger charge is -2.12. The molecule has 0 saturated carbocycles. The van der Waals surface area contributed by atoms with Crippen LogP contribution in [0.15, 0.2) is 0 Å². The van der Waals surface area contributed by atoms with Gasteiger partial charge in [0, 0.05) is 12.8 Å². The Hall–Kier alpha value is -1.96. The molecule has 1 aliphatic heterocycles. The molecule has 8 heteroatoms. The van der Waals surface area contributed by atoms with Crippen molar-refractivity contribution in [3.05, 3.63) is 0 Å². The maximum absolute atomic E-state index is 11.4. The Morgan fingerprint density at radius 2 is 1.67 bits per heavy atom. The number of amides is 2. The van der Waals surface area contributed by atoms with Crippen molar-refractivity contribution in [3.8, 4) is 0 Å². The van der Waals surface area contributed by atoms with Crippen LogP contribution < -0.4 is 0 Å². The smallest absolute Gasteiger partial charge is 0.333 e. The quantitative estimate of drug-likeness (QED) is 0.466. The molecule has 1 fully saturated rings. The number of hydroxylamine groups is 2. The van der Waals surface area contributed by atoms with Crippen LogP contribution >= 0.6 is 0 Å². The summed E-state index contributed by atoms with van der Waals surface area (Å²) in [5.74, 6) is -3.16. The van der Waals surface area contributed by atoms with E-state index in [4.69, 9.17) is 10.2 Å². The molecule has 0 bridgehead atoms. The number of imide groups is 1. The van der Waals surface area contributed by atoms with Crippen LogP contribution in [0.25, 0.3) is 0 Å². The van der Waals surface area contributed by atoms with Crippen molar-refractivity contribution < 1.29 is 34.2 Å². The number of nitrogens with zero attached hydrogens (tertiary/aromatic N) is 1. The van der Waals surface area contributed by atoms with Gasteiger partial charge >= 0.3 is 11.9 Å². The van der Waals surface area contributed by atoms with Gasteiger partial charge in [-0.2, -0.15) is 0 Å². The van der Waals surface area contributed by atoms with Crippen molar-refractivity contribution in [1.82, 2.24) is 5.06 Å². The van der Waals surface area contributed by atoms with Crippen molar-refractivity contribution in [2.24, 2.45) is 0 Å². The molecular formula is C13H19NO7. The molecule has 8 nitrogen and oxygen atoms in total. The Morgan fingerprint density at radius 3 is 2.19 bits per heavy atom. The largest absolute Gasteiger partial charge is 0.481 e. The molecule has 0 spiro atoms. The summed E-state index contributed by atoms with van der Waals surface area (Å²) in [5, 5.41) is 17.9. The summed E-state index contributed by atoms with van der Waals surface area (Å²) < 4.78 is 0. The summed E-state index contributed by atoms with van der Waals surface area (Å²) in [6, 6.07) is 0. The standard InChI is InChI=1S/C13H19NO7/c15-9-8-10(16)14(13(9)20)21-12(19)7-5-3-1-2-4-6-11(17)18/h9,15H,1-8H2,(H,17,18). The van der Waals surface area contributed by atoms with Crippen molar-refractivity contribution in [1.29, 1.82) is 0 Å². The van der Waals surface area contributed by atoms with Gasteiger partial charge in [0.05, 0.1) is 6.42 Å². The maximum Gasteiger partial charge on any atom is 0.333 e. The van der Waals surface area contributed by atoms with E-state index < -0.39 is 29.9 Å². The number of carboxylic acids is 1. The second kappa shape index (κ2) is 8.35. The molecule has 0 aliphatic carbocycles. The van der Waals surface area contributed by atoms with E-state index in [1.807, 2.05) is 0 Å². The van der Waals surface area contributed by atoms with E-state index in [9.17, 15) is 19.2 Å². The molecule has 0 aromatic rings. The van der Waals surface area contributed by atoms with Crippen molar-refractivity contribution >= 4 is 23.8 Å². The lowest BCUT2D eigenvalue weighted by Crippen LogP contribution is -2.34. The zero-order valence-electron chi connectivity index (χ0n) is 11.6.